The topological polar surface area (TPSA) is 87.3 Å². The highest BCUT2D eigenvalue weighted by atomic mass is 32.2. The highest BCUT2D eigenvalue weighted by Crippen LogP contribution is 2.18. The van der Waals surface area contributed by atoms with Crippen molar-refractivity contribution in [3.63, 3.8) is 0 Å². The minimum absolute atomic E-state index is 0.141. The minimum Gasteiger partial charge on any atom is -0.337 e. The lowest BCUT2D eigenvalue weighted by Gasteiger charge is -2.18. The summed E-state index contributed by atoms with van der Waals surface area (Å²) in [5, 5.41) is 8.47. The Labute approximate surface area is 114 Å². The molecule has 0 radical (unpaired) electrons. The molecule has 110 valence electrons. The molecule has 0 saturated carbocycles. The van der Waals surface area contributed by atoms with Crippen LogP contribution in [0.5, 0.6) is 0 Å². The van der Waals surface area contributed by atoms with Crippen LogP contribution >= 0.6 is 0 Å². The Kier molecular flexibility index (Phi) is 5.04. The highest BCUT2D eigenvalue weighted by Gasteiger charge is 2.31. The van der Waals surface area contributed by atoms with E-state index in [1.807, 2.05) is 0 Å². The predicted molar refractivity (Wildman–Crippen MR) is 73.9 cm³/mol. The van der Waals surface area contributed by atoms with Crippen LogP contribution in [0.1, 0.15) is 32.1 Å². The second kappa shape index (κ2) is 6.56. The second-order valence-electron chi connectivity index (χ2n) is 5.38. The number of amides is 2. The number of rotatable bonds is 3. The average Bonchev–Trinajstić information content (AvgIpc) is 2.54. The van der Waals surface area contributed by atoms with E-state index in [4.69, 9.17) is 0 Å². The Morgan fingerprint density at radius 1 is 1.21 bits per heavy atom. The largest absolute Gasteiger partial charge is 0.337 e. The highest BCUT2D eigenvalue weighted by molar-refractivity contribution is 7.92. The van der Waals surface area contributed by atoms with Crippen molar-refractivity contribution >= 4 is 15.9 Å². The lowest BCUT2D eigenvalue weighted by molar-refractivity contribution is 0.236. The van der Waals surface area contributed by atoms with E-state index in [1.54, 1.807) is 0 Å². The Hall–Kier alpha value is -0.820. The first-order chi connectivity index (χ1) is 9.08. The molecule has 2 aliphatic heterocycles. The van der Waals surface area contributed by atoms with Crippen LogP contribution < -0.4 is 16.0 Å². The van der Waals surface area contributed by atoms with Crippen LogP contribution in [0.4, 0.5) is 4.79 Å². The third kappa shape index (κ3) is 4.35. The first-order valence-corrected chi connectivity index (χ1v) is 8.76. The molecular formula is C12H23N3O3S. The quantitative estimate of drug-likeness (QED) is 0.683. The maximum absolute atomic E-state index is 11.7. The molecule has 0 bridgehead atoms. The molecule has 2 unspecified atom stereocenters. The molecule has 0 aromatic rings. The summed E-state index contributed by atoms with van der Waals surface area (Å²) in [7, 11) is -2.98. The molecule has 2 saturated heterocycles. The van der Waals surface area contributed by atoms with Gasteiger partial charge in [0.25, 0.3) is 0 Å². The van der Waals surface area contributed by atoms with E-state index in [0.717, 1.165) is 32.4 Å². The van der Waals surface area contributed by atoms with Gasteiger partial charge in [-0.1, -0.05) is 6.42 Å². The molecule has 6 nitrogen and oxygen atoms in total. The third-order valence-electron chi connectivity index (χ3n) is 3.84. The molecule has 2 rings (SSSR count). The zero-order chi connectivity index (χ0) is 13.7. The maximum atomic E-state index is 11.7. The van der Waals surface area contributed by atoms with Gasteiger partial charge in [-0.15, -0.1) is 0 Å². The average molecular weight is 289 g/mol. The molecule has 0 aromatic heterocycles. The Balaban J connectivity index is 1.72. The van der Waals surface area contributed by atoms with Gasteiger partial charge in [0, 0.05) is 19.1 Å². The van der Waals surface area contributed by atoms with Crippen LogP contribution in [0.3, 0.4) is 0 Å². The fourth-order valence-electron chi connectivity index (χ4n) is 2.67. The normalized spacial score (nSPS) is 30.5. The zero-order valence-corrected chi connectivity index (χ0v) is 12.0. The minimum atomic E-state index is -2.98. The van der Waals surface area contributed by atoms with Crippen LogP contribution in [0.25, 0.3) is 0 Å². The molecule has 2 amide bonds. The lowest BCUT2D eigenvalue weighted by atomic mass is 10.1. The van der Waals surface area contributed by atoms with E-state index >= 15 is 0 Å². The van der Waals surface area contributed by atoms with Crippen molar-refractivity contribution in [2.45, 2.75) is 43.4 Å². The smallest absolute Gasteiger partial charge is 0.315 e. The zero-order valence-electron chi connectivity index (χ0n) is 11.2. The van der Waals surface area contributed by atoms with E-state index in [9.17, 15) is 13.2 Å². The Bertz CT molecular complexity index is 402. The van der Waals surface area contributed by atoms with Crippen molar-refractivity contribution in [3.05, 3.63) is 0 Å². The van der Waals surface area contributed by atoms with Crippen LogP contribution in [-0.2, 0) is 9.84 Å². The van der Waals surface area contributed by atoms with Crippen LogP contribution in [0, 0.1) is 0 Å². The maximum Gasteiger partial charge on any atom is 0.315 e. The lowest BCUT2D eigenvalue weighted by Crippen LogP contribution is -2.47. The number of carbonyl (C=O) groups excluding carboxylic acids is 1. The summed E-state index contributed by atoms with van der Waals surface area (Å²) < 4.78 is 23.3. The summed E-state index contributed by atoms with van der Waals surface area (Å²) in [6.45, 7) is 2.02. The Morgan fingerprint density at radius 2 is 2.05 bits per heavy atom. The van der Waals surface area contributed by atoms with Gasteiger partial charge >= 0.3 is 6.03 Å². The molecule has 0 spiro atoms. The molecule has 2 aliphatic rings. The van der Waals surface area contributed by atoms with Gasteiger partial charge in [-0.2, -0.15) is 0 Å². The van der Waals surface area contributed by atoms with Crippen LogP contribution in [0.15, 0.2) is 0 Å². The number of nitrogens with one attached hydrogen (secondary N) is 3. The number of sulfone groups is 1. The predicted octanol–water partition coefficient (Wildman–Crippen LogP) is 0.00490. The van der Waals surface area contributed by atoms with E-state index in [0.29, 0.717) is 12.8 Å². The van der Waals surface area contributed by atoms with E-state index in [2.05, 4.69) is 16.0 Å². The monoisotopic (exact) mass is 289 g/mol. The molecule has 2 atom stereocenters. The molecular weight excluding hydrogens is 266 g/mol. The van der Waals surface area contributed by atoms with Crippen molar-refractivity contribution in [1.29, 1.82) is 0 Å². The first kappa shape index (κ1) is 14.6. The number of hydrogen-bond donors (Lipinski definition) is 3. The van der Waals surface area contributed by atoms with Gasteiger partial charge in [0.05, 0.1) is 11.0 Å². The molecule has 2 fully saturated rings. The van der Waals surface area contributed by atoms with Crippen LogP contribution in [0.2, 0.25) is 0 Å². The van der Waals surface area contributed by atoms with Crippen LogP contribution in [-0.4, -0.2) is 51.1 Å². The van der Waals surface area contributed by atoms with Gasteiger partial charge in [0.1, 0.15) is 0 Å². The number of hydrogen-bond acceptors (Lipinski definition) is 4. The van der Waals surface area contributed by atoms with Gasteiger partial charge < -0.3 is 16.0 Å². The summed E-state index contributed by atoms with van der Waals surface area (Å²) in [5.74, 6) is 0.257. The van der Waals surface area contributed by atoms with E-state index in [1.165, 1.54) is 0 Å². The van der Waals surface area contributed by atoms with Crippen molar-refractivity contribution in [2.75, 3.05) is 25.4 Å². The van der Waals surface area contributed by atoms with Gasteiger partial charge in [0.15, 0.2) is 9.84 Å². The molecule has 19 heavy (non-hydrogen) atoms. The number of urea groups is 1. The van der Waals surface area contributed by atoms with Crippen molar-refractivity contribution in [1.82, 2.24) is 16.0 Å². The first-order valence-electron chi connectivity index (χ1n) is 7.04. The van der Waals surface area contributed by atoms with Crippen molar-refractivity contribution in [2.24, 2.45) is 0 Å². The van der Waals surface area contributed by atoms with E-state index < -0.39 is 15.1 Å². The van der Waals surface area contributed by atoms with Gasteiger partial charge in [-0.05, 0) is 32.2 Å². The summed E-state index contributed by atoms with van der Waals surface area (Å²) in [6.07, 6.45) is 4.59. The molecule has 2 heterocycles. The summed E-state index contributed by atoms with van der Waals surface area (Å²) in [6, 6.07) is -0.113. The van der Waals surface area contributed by atoms with Gasteiger partial charge in [-0.25, -0.2) is 13.2 Å². The molecule has 7 heteroatoms. The van der Waals surface area contributed by atoms with Gasteiger partial charge in [-0.3, -0.25) is 0 Å². The standard InChI is InChI=1S/C12H23N3O3S/c16-12(15-10-4-1-2-6-13-8-10)14-9-11-5-3-7-19(11,17)18/h10-11,13H,1-9H2,(H2,14,15,16). The fraction of sp³-hybridized carbons (Fsp3) is 0.917. The molecule has 3 N–H and O–H groups in total. The number of carbonyl (C=O) groups is 1. The summed E-state index contributed by atoms with van der Waals surface area (Å²) >= 11 is 0. The third-order valence-corrected chi connectivity index (χ3v) is 6.11. The van der Waals surface area contributed by atoms with Crippen molar-refractivity contribution < 1.29 is 13.2 Å². The Morgan fingerprint density at radius 3 is 2.79 bits per heavy atom. The van der Waals surface area contributed by atoms with E-state index in [-0.39, 0.29) is 24.4 Å². The summed E-state index contributed by atoms with van der Waals surface area (Å²) in [5.41, 5.74) is 0. The summed E-state index contributed by atoms with van der Waals surface area (Å²) in [4.78, 5) is 11.7. The van der Waals surface area contributed by atoms with Crippen molar-refractivity contribution in [3.8, 4) is 0 Å². The fourth-order valence-corrected chi connectivity index (χ4v) is 4.44. The van der Waals surface area contributed by atoms with Gasteiger partial charge in [0.2, 0.25) is 0 Å². The second-order valence-corrected chi connectivity index (χ2v) is 7.78. The molecule has 0 aromatic carbocycles. The molecule has 0 aliphatic carbocycles. The SMILES string of the molecule is O=C(NCC1CCCS1(=O)=O)NC1CCCCNC1.